The van der Waals surface area contributed by atoms with Crippen LogP contribution >= 0.6 is 0 Å². The molecule has 0 aliphatic rings. The van der Waals surface area contributed by atoms with Gasteiger partial charge in [0, 0.05) is 0 Å². The molecular weight excluding hydrogens is 258 g/mol. The summed E-state index contributed by atoms with van der Waals surface area (Å²) in [6, 6.07) is 6.43. The number of benzene rings is 1. The summed E-state index contributed by atoms with van der Waals surface area (Å²) in [6.45, 7) is 5.58. The summed E-state index contributed by atoms with van der Waals surface area (Å²) < 4.78 is 5.30. The monoisotopic (exact) mass is 279 g/mol. The van der Waals surface area contributed by atoms with Gasteiger partial charge in [-0.25, -0.2) is 4.79 Å². The van der Waals surface area contributed by atoms with Crippen molar-refractivity contribution in [2.75, 3.05) is 6.61 Å². The lowest BCUT2D eigenvalue weighted by Crippen LogP contribution is -2.43. The van der Waals surface area contributed by atoms with Gasteiger partial charge in [0.1, 0.15) is 11.8 Å². The third-order valence-electron chi connectivity index (χ3n) is 2.73. The van der Waals surface area contributed by atoms with Crippen LogP contribution in [0.25, 0.3) is 0 Å². The van der Waals surface area contributed by atoms with Gasteiger partial charge < -0.3 is 15.2 Å². The molecule has 1 amide bonds. The number of hydrogen-bond donors (Lipinski definition) is 2. The zero-order chi connectivity index (χ0) is 15.1. The summed E-state index contributed by atoms with van der Waals surface area (Å²) in [6.07, 6.45) is 0.394. The molecule has 0 saturated heterocycles. The van der Waals surface area contributed by atoms with E-state index in [1.54, 1.807) is 12.1 Å². The van der Waals surface area contributed by atoms with Crippen molar-refractivity contribution in [1.82, 2.24) is 5.32 Å². The fourth-order valence-corrected chi connectivity index (χ4v) is 1.71. The number of rotatable bonds is 7. The maximum atomic E-state index is 11.7. The molecule has 5 heteroatoms. The molecule has 0 saturated carbocycles. The van der Waals surface area contributed by atoms with Gasteiger partial charge in [-0.2, -0.15) is 0 Å². The van der Waals surface area contributed by atoms with Crippen LogP contribution in [0.4, 0.5) is 0 Å². The van der Waals surface area contributed by atoms with Crippen LogP contribution in [0.3, 0.4) is 0 Å². The van der Waals surface area contributed by atoms with E-state index in [9.17, 15) is 9.59 Å². The number of aryl methyl sites for hydroxylation is 1. The first kappa shape index (κ1) is 16.0. The van der Waals surface area contributed by atoms with E-state index < -0.39 is 17.9 Å². The lowest BCUT2D eigenvalue weighted by Gasteiger charge is -2.16. The Hall–Kier alpha value is -2.04. The van der Waals surface area contributed by atoms with Crippen molar-refractivity contribution in [2.45, 2.75) is 33.2 Å². The number of carboxylic acid groups (broad SMARTS) is 1. The van der Waals surface area contributed by atoms with Crippen LogP contribution < -0.4 is 10.1 Å². The first-order valence-corrected chi connectivity index (χ1v) is 6.60. The van der Waals surface area contributed by atoms with Gasteiger partial charge >= 0.3 is 5.97 Å². The number of carboxylic acids is 1. The van der Waals surface area contributed by atoms with Crippen molar-refractivity contribution in [3.05, 3.63) is 29.8 Å². The normalized spacial score (nSPS) is 12.0. The number of nitrogens with one attached hydrogen (secondary N) is 1. The SMILES string of the molecule is Cc1ccc(OCC(=O)N[C@H](CC(C)C)C(=O)O)cc1. The Labute approximate surface area is 118 Å². The Morgan fingerprint density at radius 1 is 1.25 bits per heavy atom. The standard InChI is InChI=1S/C15H21NO4/c1-10(2)8-13(15(18)19)16-14(17)9-20-12-6-4-11(3)5-7-12/h4-7,10,13H,8-9H2,1-3H3,(H,16,17)(H,18,19)/t13-/m1/s1. The highest BCUT2D eigenvalue weighted by Crippen LogP contribution is 2.11. The molecule has 0 radical (unpaired) electrons. The molecule has 5 nitrogen and oxygen atoms in total. The summed E-state index contributed by atoms with van der Waals surface area (Å²) >= 11 is 0. The zero-order valence-electron chi connectivity index (χ0n) is 12.1. The Morgan fingerprint density at radius 3 is 2.35 bits per heavy atom. The van der Waals surface area contributed by atoms with E-state index in [0.29, 0.717) is 12.2 Å². The average molecular weight is 279 g/mol. The fraction of sp³-hybridized carbons (Fsp3) is 0.467. The third kappa shape index (κ3) is 5.73. The summed E-state index contributed by atoms with van der Waals surface area (Å²) in [7, 11) is 0. The minimum absolute atomic E-state index is 0.189. The first-order chi connectivity index (χ1) is 9.38. The number of hydrogen-bond acceptors (Lipinski definition) is 3. The molecule has 2 N–H and O–H groups in total. The van der Waals surface area contributed by atoms with Crippen LogP contribution in [0.15, 0.2) is 24.3 Å². The number of carbonyl (C=O) groups excluding carboxylic acids is 1. The molecule has 0 heterocycles. The van der Waals surface area contributed by atoms with Gasteiger partial charge in [0.2, 0.25) is 0 Å². The van der Waals surface area contributed by atoms with E-state index in [2.05, 4.69) is 5.32 Å². The predicted octanol–water partition coefficient (Wildman–Crippen LogP) is 1.99. The summed E-state index contributed by atoms with van der Waals surface area (Å²) in [5, 5.41) is 11.5. The van der Waals surface area contributed by atoms with Crippen LogP contribution in [0.2, 0.25) is 0 Å². The minimum Gasteiger partial charge on any atom is -0.484 e. The summed E-state index contributed by atoms with van der Waals surface area (Å²) in [5.74, 6) is -0.683. The average Bonchev–Trinajstić information content (AvgIpc) is 2.36. The van der Waals surface area contributed by atoms with Gasteiger partial charge in [0.15, 0.2) is 6.61 Å². The van der Waals surface area contributed by atoms with E-state index >= 15 is 0 Å². The van der Waals surface area contributed by atoms with E-state index in [0.717, 1.165) is 5.56 Å². The number of aliphatic carboxylic acids is 1. The smallest absolute Gasteiger partial charge is 0.326 e. The summed E-state index contributed by atoms with van der Waals surface area (Å²) in [5.41, 5.74) is 1.10. The molecule has 1 aromatic rings. The first-order valence-electron chi connectivity index (χ1n) is 6.60. The second-order valence-corrected chi connectivity index (χ2v) is 5.19. The minimum atomic E-state index is -1.03. The molecule has 0 unspecified atom stereocenters. The highest BCUT2D eigenvalue weighted by molar-refractivity contribution is 5.84. The second kappa shape index (κ2) is 7.53. The largest absolute Gasteiger partial charge is 0.484 e. The van der Waals surface area contributed by atoms with Crippen molar-refractivity contribution in [2.24, 2.45) is 5.92 Å². The van der Waals surface area contributed by atoms with Crippen LogP contribution in [0.5, 0.6) is 5.75 Å². The van der Waals surface area contributed by atoms with Crippen LogP contribution in [0, 0.1) is 12.8 Å². The highest BCUT2D eigenvalue weighted by Gasteiger charge is 2.21. The maximum absolute atomic E-state index is 11.7. The molecule has 20 heavy (non-hydrogen) atoms. The van der Waals surface area contributed by atoms with Crippen molar-refractivity contribution in [1.29, 1.82) is 0 Å². The summed E-state index contributed by atoms with van der Waals surface area (Å²) in [4.78, 5) is 22.7. The van der Waals surface area contributed by atoms with Gasteiger partial charge in [0.05, 0.1) is 0 Å². The topological polar surface area (TPSA) is 75.6 Å². The molecule has 1 rings (SSSR count). The van der Waals surface area contributed by atoms with Crippen molar-refractivity contribution in [3.63, 3.8) is 0 Å². The molecule has 1 atom stereocenters. The second-order valence-electron chi connectivity index (χ2n) is 5.19. The Bertz CT molecular complexity index is 453. The van der Waals surface area contributed by atoms with Crippen LogP contribution in [0.1, 0.15) is 25.8 Å². The van der Waals surface area contributed by atoms with E-state index in [1.165, 1.54) is 0 Å². The molecule has 110 valence electrons. The van der Waals surface area contributed by atoms with Gasteiger partial charge in [0.25, 0.3) is 5.91 Å². The lowest BCUT2D eigenvalue weighted by molar-refractivity contribution is -0.142. The molecule has 0 aliphatic heterocycles. The van der Waals surface area contributed by atoms with Gasteiger partial charge in [-0.05, 0) is 31.4 Å². The van der Waals surface area contributed by atoms with Crippen molar-refractivity contribution in [3.8, 4) is 5.75 Å². The Kier molecular flexibility index (Phi) is 6.03. The predicted molar refractivity (Wildman–Crippen MR) is 75.7 cm³/mol. The zero-order valence-corrected chi connectivity index (χ0v) is 12.1. The quantitative estimate of drug-likeness (QED) is 0.800. The maximum Gasteiger partial charge on any atom is 0.326 e. The van der Waals surface area contributed by atoms with Crippen molar-refractivity contribution < 1.29 is 19.4 Å². The number of carbonyl (C=O) groups is 2. The Morgan fingerprint density at radius 2 is 1.85 bits per heavy atom. The third-order valence-corrected chi connectivity index (χ3v) is 2.73. The van der Waals surface area contributed by atoms with Gasteiger partial charge in [-0.15, -0.1) is 0 Å². The number of amides is 1. The molecular formula is C15H21NO4. The molecule has 1 aromatic carbocycles. The van der Waals surface area contributed by atoms with Crippen LogP contribution in [-0.4, -0.2) is 29.6 Å². The molecule has 0 bridgehead atoms. The lowest BCUT2D eigenvalue weighted by atomic mass is 10.0. The van der Waals surface area contributed by atoms with E-state index in [4.69, 9.17) is 9.84 Å². The van der Waals surface area contributed by atoms with Crippen LogP contribution in [-0.2, 0) is 9.59 Å². The number of ether oxygens (including phenoxy) is 1. The fourth-order valence-electron chi connectivity index (χ4n) is 1.71. The molecule has 0 aromatic heterocycles. The van der Waals surface area contributed by atoms with Gasteiger partial charge in [-0.1, -0.05) is 31.5 Å². The van der Waals surface area contributed by atoms with Crippen molar-refractivity contribution >= 4 is 11.9 Å². The van der Waals surface area contributed by atoms with E-state index in [1.807, 2.05) is 32.9 Å². The van der Waals surface area contributed by atoms with E-state index in [-0.39, 0.29) is 12.5 Å². The molecule has 0 aliphatic carbocycles. The Balaban J connectivity index is 2.45. The molecule has 0 fully saturated rings. The van der Waals surface area contributed by atoms with Gasteiger partial charge in [-0.3, -0.25) is 4.79 Å². The molecule has 0 spiro atoms. The highest BCUT2D eigenvalue weighted by atomic mass is 16.5.